The fourth-order valence-corrected chi connectivity index (χ4v) is 1.94. The molecule has 0 aliphatic heterocycles. The number of hydrogen-bond donors (Lipinski definition) is 1. The third-order valence-electron chi connectivity index (χ3n) is 2.42. The largest absolute Gasteiger partial charge is 0.346 e. The maximum absolute atomic E-state index is 12.0. The molecule has 7 heteroatoms. The quantitative estimate of drug-likeness (QED) is 0.882. The van der Waals surface area contributed by atoms with Crippen LogP contribution in [0.1, 0.15) is 17.4 Å². The van der Waals surface area contributed by atoms with Crippen molar-refractivity contribution in [2.45, 2.75) is 19.5 Å². The van der Waals surface area contributed by atoms with Crippen LogP contribution in [0.3, 0.4) is 0 Å². The van der Waals surface area contributed by atoms with Gasteiger partial charge >= 0.3 is 0 Å². The van der Waals surface area contributed by atoms with Gasteiger partial charge in [0, 0.05) is 18.4 Å². The van der Waals surface area contributed by atoms with Crippen LogP contribution in [0.5, 0.6) is 0 Å². The summed E-state index contributed by atoms with van der Waals surface area (Å²) in [5.74, 6) is -0.354. The normalized spacial score (nSPS) is 12.2. The number of rotatable bonds is 4. The predicted molar refractivity (Wildman–Crippen MR) is 73.4 cm³/mol. The Morgan fingerprint density at radius 3 is 2.95 bits per heavy atom. The smallest absolute Gasteiger partial charge is 0.271 e. The molecule has 0 spiro atoms. The van der Waals surface area contributed by atoms with Crippen LogP contribution in [0.25, 0.3) is 0 Å². The van der Waals surface area contributed by atoms with Gasteiger partial charge in [-0.3, -0.25) is 9.48 Å². The van der Waals surface area contributed by atoms with E-state index in [0.29, 0.717) is 6.54 Å². The first-order chi connectivity index (χ1) is 9.06. The Balaban J connectivity index is 2.02. The number of amides is 1. The number of halogens is 2. The molecule has 0 aliphatic carbocycles. The van der Waals surface area contributed by atoms with Crippen LogP contribution in [-0.2, 0) is 6.54 Å². The monoisotopic (exact) mass is 298 g/mol. The SMILES string of the molecule is CC(Cn1cccn1)NC(=O)c1nc(Cl)ccc1Cl. The number of nitrogens with one attached hydrogen (secondary N) is 1. The Morgan fingerprint density at radius 1 is 1.47 bits per heavy atom. The molecule has 2 aromatic rings. The van der Waals surface area contributed by atoms with Gasteiger partial charge in [-0.2, -0.15) is 5.10 Å². The van der Waals surface area contributed by atoms with Gasteiger partial charge in [-0.15, -0.1) is 0 Å². The van der Waals surface area contributed by atoms with Gasteiger partial charge in [0.05, 0.1) is 11.6 Å². The summed E-state index contributed by atoms with van der Waals surface area (Å²) < 4.78 is 1.73. The van der Waals surface area contributed by atoms with E-state index in [1.165, 1.54) is 6.07 Å². The van der Waals surface area contributed by atoms with E-state index in [-0.39, 0.29) is 27.8 Å². The number of hydrogen-bond acceptors (Lipinski definition) is 3. The highest BCUT2D eigenvalue weighted by Gasteiger charge is 2.15. The summed E-state index contributed by atoms with van der Waals surface area (Å²) in [4.78, 5) is 15.9. The minimum atomic E-state index is -0.354. The van der Waals surface area contributed by atoms with Gasteiger partial charge in [-0.25, -0.2) is 4.98 Å². The number of pyridine rings is 1. The Hall–Kier alpha value is -1.59. The number of aromatic nitrogens is 3. The number of carbonyl (C=O) groups is 1. The molecule has 0 radical (unpaired) electrons. The molecule has 1 unspecified atom stereocenters. The molecule has 5 nitrogen and oxygen atoms in total. The summed E-state index contributed by atoms with van der Waals surface area (Å²) in [6.07, 6.45) is 3.51. The fraction of sp³-hybridized carbons (Fsp3) is 0.250. The molecule has 0 aromatic carbocycles. The fourth-order valence-electron chi connectivity index (χ4n) is 1.60. The lowest BCUT2D eigenvalue weighted by Gasteiger charge is -2.14. The minimum Gasteiger partial charge on any atom is -0.346 e. The molecule has 0 aliphatic rings. The van der Waals surface area contributed by atoms with E-state index >= 15 is 0 Å². The molecular weight excluding hydrogens is 287 g/mol. The van der Waals surface area contributed by atoms with Crippen molar-refractivity contribution in [1.82, 2.24) is 20.1 Å². The average Bonchev–Trinajstić information content (AvgIpc) is 2.84. The molecule has 1 atom stereocenters. The standard InChI is InChI=1S/C12H12Cl2N4O/c1-8(7-18-6-2-5-15-18)16-12(19)11-9(13)3-4-10(14)17-11/h2-6,8H,7H2,1H3,(H,16,19). The third-order valence-corrected chi connectivity index (χ3v) is 2.94. The highest BCUT2D eigenvalue weighted by atomic mass is 35.5. The van der Waals surface area contributed by atoms with Gasteiger partial charge in [-0.1, -0.05) is 23.2 Å². The van der Waals surface area contributed by atoms with Gasteiger partial charge in [-0.05, 0) is 25.1 Å². The zero-order valence-corrected chi connectivity index (χ0v) is 11.7. The second kappa shape index (κ2) is 6.04. The van der Waals surface area contributed by atoms with Crippen LogP contribution >= 0.6 is 23.2 Å². The molecule has 0 saturated heterocycles. The van der Waals surface area contributed by atoms with E-state index < -0.39 is 0 Å². The molecular formula is C12H12Cl2N4O. The van der Waals surface area contributed by atoms with Crippen molar-refractivity contribution >= 4 is 29.1 Å². The maximum atomic E-state index is 12.0. The lowest BCUT2D eigenvalue weighted by Crippen LogP contribution is -2.36. The van der Waals surface area contributed by atoms with Crippen LogP contribution in [0.15, 0.2) is 30.6 Å². The topological polar surface area (TPSA) is 59.8 Å². The van der Waals surface area contributed by atoms with Gasteiger partial charge in [0.25, 0.3) is 5.91 Å². The number of carbonyl (C=O) groups excluding carboxylic acids is 1. The molecule has 0 saturated carbocycles. The zero-order valence-electron chi connectivity index (χ0n) is 10.2. The van der Waals surface area contributed by atoms with Crippen LogP contribution in [-0.4, -0.2) is 26.7 Å². The predicted octanol–water partition coefficient (Wildman–Crippen LogP) is 2.40. The molecule has 1 N–H and O–H groups in total. The molecule has 2 heterocycles. The molecule has 19 heavy (non-hydrogen) atoms. The second-order valence-corrected chi connectivity index (χ2v) is 4.86. The van der Waals surface area contributed by atoms with Crippen molar-refractivity contribution in [3.8, 4) is 0 Å². The van der Waals surface area contributed by atoms with Crippen molar-refractivity contribution in [3.63, 3.8) is 0 Å². The first kappa shape index (κ1) is 13.8. The summed E-state index contributed by atoms with van der Waals surface area (Å²) in [6, 6.07) is 4.80. The Labute approximate surface area is 120 Å². The van der Waals surface area contributed by atoms with Crippen molar-refractivity contribution < 1.29 is 4.79 Å². The lowest BCUT2D eigenvalue weighted by molar-refractivity contribution is 0.0931. The first-order valence-electron chi connectivity index (χ1n) is 5.66. The zero-order chi connectivity index (χ0) is 13.8. The molecule has 2 rings (SSSR count). The summed E-state index contributed by atoms with van der Waals surface area (Å²) in [5, 5.41) is 7.37. The van der Waals surface area contributed by atoms with Crippen molar-refractivity contribution in [2.24, 2.45) is 0 Å². The van der Waals surface area contributed by atoms with E-state index in [1.807, 2.05) is 19.2 Å². The lowest BCUT2D eigenvalue weighted by atomic mass is 10.3. The highest BCUT2D eigenvalue weighted by Crippen LogP contribution is 2.16. The summed E-state index contributed by atoms with van der Waals surface area (Å²) in [7, 11) is 0. The minimum absolute atomic E-state index is 0.107. The maximum Gasteiger partial charge on any atom is 0.271 e. The van der Waals surface area contributed by atoms with E-state index in [2.05, 4.69) is 15.4 Å². The highest BCUT2D eigenvalue weighted by molar-refractivity contribution is 6.34. The summed E-state index contributed by atoms with van der Waals surface area (Å²) >= 11 is 11.7. The third kappa shape index (κ3) is 3.68. The van der Waals surface area contributed by atoms with Crippen LogP contribution < -0.4 is 5.32 Å². The Morgan fingerprint density at radius 2 is 2.26 bits per heavy atom. The molecule has 0 bridgehead atoms. The average molecular weight is 299 g/mol. The summed E-state index contributed by atoms with van der Waals surface area (Å²) in [6.45, 7) is 2.44. The van der Waals surface area contributed by atoms with Gasteiger partial charge in [0.15, 0.2) is 0 Å². The second-order valence-electron chi connectivity index (χ2n) is 4.07. The van der Waals surface area contributed by atoms with E-state index in [1.54, 1.807) is 16.9 Å². The molecule has 2 aromatic heterocycles. The van der Waals surface area contributed by atoms with Gasteiger partial charge in [0.1, 0.15) is 10.8 Å². The Kier molecular flexibility index (Phi) is 4.39. The van der Waals surface area contributed by atoms with E-state index in [0.717, 1.165) is 0 Å². The molecule has 100 valence electrons. The summed E-state index contributed by atoms with van der Waals surface area (Å²) in [5.41, 5.74) is 0.126. The molecule has 0 fully saturated rings. The van der Waals surface area contributed by atoms with E-state index in [4.69, 9.17) is 23.2 Å². The van der Waals surface area contributed by atoms with E-state index in [9.17, 15) is 4.79 Å². The van der Waals surface area contributed by atoms with Crippen LogP contribution in [0, 0.1) is 0 Å². The molecule has 1 amide bonds. The first-order valence-corrected chi connectivity index (χ1v) is 6.42. The van der Waals surface area contributed by atoms with Crippen LogP contribution in [0.4, 0.5) is 0 Å². The van der Waals surface area contributed by atoms with Gasteiger partial charge < -0.3 is 5.32 Å². The van der Waals surface area contributed by atoms with Crippen LogP contribution in [0.2, 0.25) is 10.2 Å². The number of nitrogens with zero attached hydrogens (tertiary/aromatic N) is 3. The van der Waals surface area contributed by atoms with Crippen molar-refractivity contribution in [2.75, 3.05) is 0 Å². The van der Waals surface area contributed by atoms with Gasteiger partial charge in [0.2, 0.25) is 0 Å². The Bertz CT molecular complexity index is 571. The van der Waals surface area contributed by atoms with Crippen molar-refractivity contribution in [3.05, 3.63) is 46.5 Å². The van der Waals surface area contributed by atoms with Crippen molar-refractivity contribution in [1.29, 1.82) is 0 Å².